The maximum atomic E-state index is 12.9. The molecule has 0 amide bonds. The van der Waals surface area contributed by atoms with Crippen molar-refractivity contribution in [3.8, 4) is 11.8 Å². The Kier molecular flexibility index (Phi) is 5.82. The van der Waals surface area contributed by atoms with Gasteiger partial charge in [-0.3, -0.25) is 0 Å². The average Bonchev–Trinajstić information content (AvgIpc) is 2.71. The largest absolute Gasteiger partial charge is 0.500 e. The van der Waals surface area contributed by atoms with Crippen molar-refractivity contribution in [3.63, 3.8) is 0 Å². The molecule has 28 heavy (non-hydrogen) atoms. The summed E-state index contributed by atoms with van der Waals surface area (Å²) < 4.78 is 6.32. The maximum Gasteiger partial charge on any atom is 0.371 e. The van der Waals surface area contributed by atoms with Crippen LogP contribution in [0.5, 0.6) is 0 Å². The Hall–Kier alpha value is -3.09. The minimum atomic E-state index is -2.90. The molecule has 0 N–H and O–H groups in total. The third-order valence-corrected chi connectivity index (χ3v) is 9.64. The van der Waals surface area contributed by atoms with E-state index in [9.17, 15) is 4.79 Å². The second-order valence-corrected chi connectivity index (χ2v) is 11.9. The number of carbonyl (C=O) groups is 1. The van der Waals surface area contributed by atoms with E-state index in [-0.39, 0.29) is 5.04 Å². The number of rotatable bonds is 3. The van der Waals surface area contributed by atoms with E-state index in [1.165, 1.54) is 0 Å². The minimum Gasteiger partial charge on any atom is -0.500 e. The van der Waals surface area contributed by atoms with Gasteiger partial charge in [-0.05, 0) is 27.5 Å². The second kappa shape index (κ2) is 8.29. The van der Waals surface area contributed by atoms with Gasteiger partial charge in [-0.25, -0.2) is 4.79 Å². The van der Waals surface area contributed by atoms with Crippen LogP contribution in [-0.2, 0) is 9.22 Å². The molecule has 0 aromatic heterocycles. The van der Waals surface area contributed by atoms with Crippen LogP contribution in [0.2, 0.25) is 5.04 Å². The van der Waals surface area contributed by atoms with Gasteiger partial charge in [0.25, 0.3) is 0 Å². The Balaban J connectivity index is 2.09. The highest BCUT2D eigenvalue weighted by molar-refractivity contribution is 7.00. The molecule has 0 radical (unpaired) electrons. The topological polar surface area (TPSA) is 26.3 Å². The summed E-state index contributed by atoms with van der Waals surface area (Å²) in [5, 5.41) is 1.85. The zero-order valence-corrected chi connectivity index (χ0v) is 17.5. The van der Waals surface area contributed by atoms with Gasteiger partial charge in [-0.1, -0.05) is 106 Å². The highest BCUT2D eigenvalue weighted by Gasteiger charge is 2.53. The predicted octanol–water partition coefficient (Wildman–Crippen LogP) is 4.14. The van der Waals surface area contributed by atoms with Crippen molar-refractivity contribution in [2.45, 2.75) is 25.8 Å². The van der Waals surface area contributed by atoms with Crippen molar-refractivity contribution < 1.29 is 9.22 Å². The van der Waals surface area contributed by atoms with Crippen LogP contribution in [0.25, 0.3) is 0 Å². The van der Waals surface area contributed by atoms with Gasteiger partial charge in [0.15, 0.2) is 0 Å². The number of hydrogen-bond donors (Lipinski definition) is 0. The summed E-state index contributed by atoms with van der Waals surface area (Å²) in [5.41, 5.74) is 0.793. The molecule has 3 heteroatoms. The minimum absolute atomic E-state index is 0.264. The summed E-state index contributed by atoms with van der Waals surface area (Å²) in [6.07, 6.45) is 0. The van der Waals surface area contributed by atoms with Crippen LogP contribution in [0.4, 0.5) is 0 Å². The molecule has 3 rings (SSSR count). The zero-order valence-electron chi connectivity index (χ0n) is 16.5. The second-order valence-electron chi connectivity index (χ2n) is 7.67. The Morgan fingerprint density at radius 2 is 1.18 bits per heavy atom. The van der Waals surface area contributed by atoms with E-state index in [1.807, 2.05) is 66.7 Å². The lowest BCUT2D eigenvalue weighted by Crippen LogP contribution is -2.67. The van der Waals surface area contributed by atoms with E-state index in [0.717, 1.165) is 15.9 Å². The Morgan fingerprint density at radius 3 is 1.61 bits per heavy atom. The average molecular weight is 385 g/mol. The fraction of sp³-hybridized carbons (Fsp3) is 0.160. The quantitative estimate of drug-likeness (QED) is 0.501. The summed E-state index contributed by atoms with van der Waals surface area (Å²) in [6, 6.07) is 29.7. The lowest BCUT2D eigenvalue weighted by Gasteiger charge is -2.41. The molecule has 0 aliphatic rings. The van der Waals surface area contributed by atoms with Crippen LogP contribution in [0.15, 0.2) is 91.0 Å². The summed E-state index contributed by atoms with van der Waals surface area (Å²) >= 11 is 0. The molecule has 0 unspecified atom stereocenters. The zero-order chi connectivity index (χ0) is 20.0. The van der Waals surface area contributed by atoms with E-state index in [2.05, 4.69) is 56.9 Å². The molecule has 140 valence electrons. The SMILES string of the molecule is CC(C)(C)[Si](OC(=O)C#Cc1ccccc1)(c1ccccc1)c1ccccc1. The van der Waals surface area contributed by atoms with Crippen molar-refractivity contribution in [2.75, 3.05) is 0 Å². The van der Waals surface area contributed by atoms with Crippen LogP contribution in [-0.4, -0.2) is 14.3 Å². The van der Waals surface area contributed by atoms with Gasteiger partial charge in [0.1, 0.15) is 0 Å². The van der Waals surface area contributed by atoms with E-state index < -0.39 is 14.3 Å². The molecule has 0 heterocycles. The van der Waals surface area contributed by atoms with Crippen molar-refractivity contribution in [3.05, 3.63) is 96.6 Å². The van der Waals surface area contributed by atoms with Gasteiger partial charge in [0, 0.05) is 11.5 Å². The maximum absolute atomic E-state index is 12.9. The van der Waals surface area contributed by atoms with Crippen LogP contribution in [0, 0.1) is 11.8 Å². The summed E-state index contributed by atoms with van der Waals surface area (Å²) in [4.78, 5) is 12.9. The fourth-order valence-electron chi connectivity index (χ4n) is 3.46. The van der Waals surface area contributed by atoms with Gasteiger partial charge in [0.2, 0.25) is 0 Å². The molecular formula is C25H24O2Si. The van der Waals surface area contributed by atoms with Gasteiger partial charge >= 0.3 is 14.3 Å². The van der Waals surface area contributed by atoms with Gasteiger partial charge < -0.3 is 4.43 Å². The molecular weight excluding hydrogens is 360 g/mol. The Labute approximate surface area is 168 Å². The molecule has 0 saturated heterocycles. The Bertz CT molecular complexity index is 939. The fourth-order valence-corrected chi connectivity index (χ4v) is 7.72. The summed E-state index contributed by atoms with van der Waals surface area (Å²) in [5.74, 6) is 5.12. The molecule has 2 nitrogen and oxygen atoms in total. The first-order valence-electron chi connectivity index (χ1n) is 9.34. The van der Waals surface area contributed by atoms with E-state index in [0.29, 0.717) is 0 Å². The monoisotopic (exact) mass is 384 g/mol. The molecule has 0 spiro atoms. The first kappa shape index (κ1) is 19.7. The van der Waals surface area contributed by atoms with Crippen molar-refractivity contribution in [2.24, 2.45) is 0 Å². The molecule has 0 atom stereocenters. The first-order valence-corrected chi connectivity index (χ1v) is 11.3. The Morgan fingerprint density at radius 1 is 0.750 bits per heavy atom. The molecule has 0 aliphatic carbocycles. The van der Waals surface area contributed by atoms with Crippen molar-refractivity contribution in [1.29, 1.82) is 0 Å². The van der Waals surface area contributed by atoms with E-state index in [1.54, 1.807) is 0 Å². The molecule has 0 aliphatic heterocycles. The molecule has 0 fully saturated rings. The third-order valence-electron chi connectivity index (χ3n) is 4.75. The van der Waals surface area contributed by atoms with Crippen LogP contribution in [0.1, 0.15) is 26.3 Å². The van der Waals surface area contributed by atoms with E-state index in [4.69, 9.17) is 4.43 Å². The first-order chi connectivity index (χ1) is 13.4. The normalized spacial score (nSPS) is 11.2. The standard InChI is InChI=1S/C25H24O2Si/c1-25(2,3)28(22-15-9-5-10-16-22,23-17-11-6-12-18-23)27-24(26)20-19-21-13-7-4-8-14-21/h4-18H,1-3H3. The predicted molar refractivity (Wildman–Crippen MR) is 117 cm³/mol. The molecule has 3 aromatic rings. The van der Waals surface area contributed by atoms with Crippen molar-refractivity contribution in [1.82, 2.24) is 0 Å². The molecule has 3 aromatic carbocycles. The molecule has 0 bridgehead atoms. The van der Waals surface area contributed by atoms with Gasteiger partial charge in [0.05, 0.1) is 0 Å². The number of benzene rings is 3. The van der Waals surface area contributed by atoms with Crippen molar-refractivity contribution >= 4 is 24.7 Å². The number of carbonyl (C=O) groups excluding carboxylic acids is 1. The van der Waals surface area contributed by atoms with Crippen LogP contribution >= 0.6 is 0 Å². The smallest absolute Gasteiger partial charge is 0.371 e. The highest BCUT2D eigenvalue weighted by atomic mass is 28.4. The highest BCUT2D eigenvalue weighted by Crippen LogP contribution is 2.36. The molecule has 0 saturated carbocycles. The third kappa shape index (κ3) is 4.08. The summed E-state index contributed by atoms with van der Waals surface area (Å²) in [6.45, 7) is 6.41. The summed E-state index contributed by atoms with van der Waals surface area (Å²) in [7, 11) is -2.90. The van der Waals surface area contributed by atoms with Crippen LogP contribution < -0.4 is 10.4 Å². The van der Waals surface area contributed by atoms with Gasteiger partial charge in [-0.2, -0.15) is 0 Å². The van der Waals surface area contributed by atoms with E-state index >= 15 is 0 Å². The van der Waals surface area contributed by atoms with Crippen LogP contribution in [0.3, 0.4) is 0 Å². The number of hydrogen-bond acceptors (Lipinski definition) is 2. The van der Waals surface area contributed by atoms with Gasteiger partial charge in [-0.15, -0.1) is 0 Å². The lowest BCUT2D eigenvalue weighted by atomic mass is 10.2. The lowest BCUT2D eigenvalue weighted by molar-refractivity contribution is -0.128.